The van der Waals surface area contributed by atoms with Crippen LogP contribution in [0.15, 0.2) is 24.3 Å². The average Bonchev–Trinajstić information content (AvgIpc) is 3.01. The summed E-state index contributed by atoms with van der Waals surface area (Å²) in [5.41, 5.74) is 2.60. The molecule has 0 saturated carbocycles. The zero-order chi connectivity index (χ0) is 23.3. The Morgan fingerprint density at radius 3 is 2.44 bits per heavy atom. The molecule has 0 spiro atoms. The number of carboxylic acids is 1. The number of hydrogen-bond acceptors (Lipinski definition) is 5. The van der Waals surface area contributed by atoms with Gasteiger partial charge in [0, 0.05) is 42.2 Å². The predicted molar refractivity (Wildman–Crippen MR) is 128 cm³/mol. The van der Waals surface area contributed by atoms with Gasteiger partial charge in [0.1, 0.15) is 5.00 Å². The lowest BCUT2D eigenvalue weighted by Gasteiger charge is -2.40. The number of carbonyl (C=O) groups excluding carboxylic acids is 1. The molecule has 2 aromatic rings. The van der Waals surface area contributed by atoms with Crippen LogP contribution in [0.5, 0.6) is 0 Å². The molecule has 32 heavy (non-hydrogen) atoms. The number of fused-ring (bicyclic) bond motifs is 1. The number of ether oxygens (including phenoxy) is 1. The number of thiophene rings is 1. The summed E-state index contributed by atoms with van der Waals surface area (Å²) in [7, 11) is 1.72. The number of carboxylic acid groups (broad SMARTS) is 1. The maximum atomic E-state index is 13.0. The molecule has 0 unspecified atom stereocenters. The molecule has 0 bridgehead atoms. The van der Waals surface area contributed by atoms with Gasteiger partial charge >= 0.3 is 5.97 Å². The normalized spacial score (nSPS) is 19.2. The van der Waals surface area contributed by atoms with Crippen LogP contribution in [0.3, 0.4) is 0 Å². The first-order valence-corrected chi connectivity index (χ1v) is 11.9. The maximum absolute atomic E-state index is 13.0. The molecule has 1 aromatic carbocycles. The van der Waals surface area contributed by atoms with Gasteiger partial charge in [0.25, 0.3) is 5.91 Å². The number of anilines is 2. The number of aromatic carboxylic acids is 1. The first kappa shape index (κ1) is 22.8. The third-order valence-electron chi connectivity index (χ3n) is 6.49. The van der Waals surface area contributed by atoms with Crippen molar-refractivity contribution >= 4 is 33.9 Å². The number of hydrogen-bond donors (Lipinski definition) is 2. The summed E-state index contributed by atoms with van der Waals surface area (Å²) in [5.74, 6) is -0.711. The monoisotopic (exact) mass is 456 g/mol. The molecule has 172 valence electrons. The van der Waals surface area contributed by atoms with E-state index >= 15 is 0 Å². The highest BCUT2D eigenvalue weighted by atomic mass is 32.1. The fraction of sp³-hybridized carbons (Fsp3) is 0.520. The third-order valence-corrected chi connectivity index (χ3v) is 8.01. The Morgan fingerprint density at radius 2 is 1.84 bits per heavy atom. The van der Waals surface area contributed by atoms with Gasteiger partial charge in [-0.05, 0) is 53.5 Å². The van der Waals surface area contributed by atoms with E-state index < -0.39 is 5.97 Å². The van der Waals surface area contributed by atoms with Gasteiger partial charge in [-0.15, -0.1) is 11.3 Å². The van der Waals surface area contributed by atoms with Gasteiger partial charge in [-0.2, -0.15) is 0 Å². The van der Waals surface area contributed by atoms with Gasteiger partial charge in [0.05, 0.1) is 12.2 Å². The van der Waals surface area contributed by atoms with Crippen molar-refractivity contribution < 1.29 is 19.4 Å². The van der Waals surface area contributed by atoms with E-state index in [1.807, 2.05) is 12.1 Å². The molecule has 0 radical (unpaired) electrons. The minimum absolute atomic E-state index is 0.0119. The zero-order valence-electron chi connectivity index (χ0n) is 19.4. The number of nitrogens with one attached hydrogen (secondary N) is 1. The lowest BCUT2D eigenvalue weighted by atomic mass is 9.65. The molecular weight excluding hydrogens is 424 g/mol. The van der Waals surface area contributed by atoms with E-state index in [0.29, 0.717) is 22.9 Å². The van der Waals surface area contributed by atoms with Crippen molar-refractivity contribution in [3.63, 3.8) is 0 Å². The van der Waals surface area contributed by atoms with Gasteiger partial charge in [-0.3, -0.25) is 4.79 Å². The highest BCUT2D eigenvalue weighted by Gasteiger charge is 2.42. The van der Waals surface area contributed by atoms with Crippen LogP contribution < -0.4 is 10.2 Å². The van der Waals surface area contributed by atoms with Gasteiger partial charge in [-0.1, -0.05) is 27.7 Å². The largest absolute Gasteiger partial charge is 0.478 e. The first-order valence-electron chi connectivity index (χ1n) is 11.1. The minimum atomic E-state index is -0.981. The quantitative estimate of drug-likeness (QED) is 0.637. The molecule has 4 rings (SSSR count). The second kappa shape index (κ2) is 8.19. The number of amides is 1. The van der Waals surface area contributed by atoms with Crippen LogP contribution in [-0.4, -0.2) is 43.8 Å². The summed E-state index contributed by atoms with van der Waals surface area (Å²) in [6.45, 7) is 11.3. The molecule has 7 heteroatoms. The van der Waals surface area contributed by atoms with E-state index in [9.17, 15) is 14.7 Å². The number of carbonyl (C=O) groups is 2. The van der Waals surface area contributed by atoms with Crippen molar-refractivity contribution in [2.24, 2.45) is 11.3 Å². The zero-order valence-corrected chi connectivity index (χ0v) is 20.3. The van der Waals surface area contributed by atoms with Crippen molar-refractivity contribution in [3.05, 3.63) is 45.8 Å². The van der Waals surface area contributed by atoms with E-state index in [4.69, 9.17) is 4.74 Å². The van der Waals surface area contributed by atoms with Crippen molar-refractivity contribution in [2.45, 2.75) is 46.0 Å². The fourth-order valence-corrected chi connectivity index (χ4v) is 6.74. The lowest BCUT2D eigenvalue weighted by Crippen LogP contribution is -2.48. The molecule has 2 heterocycles. The van der Waals surface area contributed by atoms with Crippen LogP contribution in [0.4, 0.5) is 10.7 Å². The molecule has 1 aliphatic carbocycles. The topological polar surface area (TPSA) is 78.9 Å². The lowest BCUT2D eigenvalue weighted by molar-refractivity contribution is 0.0696. The summed E-state index contributed by atoms with van der Waals surface area (Å²) in [6, 6.07) is 7.49. The number of benzene rings is 1. The van der Waals surface area contributed by atoms with Crippen molar-refractivity contribution in [1.29, 1.82) is 0 Å². The molecule has 1 saturated heterocycles. The van der Waals surface area contributed by atoms with Gasteiger partial charge in [0.2, 0.25) is 0 Å². The average molecular weight is 457 g/mol. The molecule has 6 nitrogen and oxygen atoms in total. The smallest absolute Gasteiger partial charge is 0.339 e. The highest BCUT2D eigenvalue weighted by molar-refractivity contribution is 7.17. The predicted octanol–water partition coefficient (Wildman–Crippen LogP) is 5.03. The van der Waals surface area contributed by atoms with Crippen LogP contribution in [0, 0.1) is 11.3 Å². The Kier molecular flexibility index (Phi) is 5.84. The van der Waals surface area contributed by atoms with E-state index in [1.165, 1.54) is 11.3 Å². The van der Waals surface area contributed by atoms with Crippen LogP contribution in [0.25, 0.3) is 0 Å². The molecule has 1 aromatic heterocycles. The van der Waals surface area contributed by atoms with E-state index in [0.717, 1.165) is 42.2 Å². The van der Waals surface area contributed by atoms with Gasteiger partial charge in [-0.25, -0.2) is 4.79 Å². The van der Waals surface area contributed by atoms with Crippen LogP contribution in [0.1, 0.15) is 65.3 Å². The van der Waals surface area contributed by atoms with E-state index in [-0.39, 0.29) is 22.3 Å². The van der Waals surface area contributed by atoms with Crippen molar-refractivity contribution in [2.75, 3.05) is 37.0 Å². The number of rotatable bonds is 6. The second-order valence-electron chi connectivity index (χ2n) is 10.5. The number of nitrogens with zero attached hydrogens (tertiary/aromatic N) is 1. The van der Waals surface area contributed by atoms with Gasteiger partial charge in [0.15, 0.2) is 0 Å². The second-order valence-corrected chi connectivity index (χ2v) is 11.6. The Labute approximate surface area is 193 Å². The Hall–Kier alpha value is -2.38. The SMILES string of the molecule is COCC1CN(c2ccc(C(=O)Nc3sc4c(c3C(=O)O)CC(C)(C)CC4(C)C)cc2)C1. The molecule has 1 fully saturated rings. The van der Waals surface area contributed by atoms with Crippen LogP contribution in [-0.2, 0) is 16.6 Å². The molecule has 1 amide bonds. The van der Waals surface area contributed by atoms with E-state index in [2.05, 4.69) is 37.9 Å². The van der Waals surface area contributed by atoms with Crippen LogP contribution in [0.2, 0.25) is 0 Å². The van der Waals surface area contributed by atoms with Crippen LogP contribution >= 0.6 is 11.3 Å². The van der Waals surface area contributed by atoms with Crippen molar-refractivity contribution in [3.8, 4) is 0 Å². The Morgan fingerprint density at radius 1 is 1.19 bits per heavy atom. The summed E-state index contributed by atoms with van der Waals surface area (Å²) in [4.78, 5) is 28.5. The summed E-state index contributed by atoms with van der Waals surface area (Å²) < 4.78 is 5.20. The first-order chi connectivity index (χ1) is 15.0. The maximum Gasteiger partial charge on any atom is 0.339 e. The van der Waals surface area contributed by atoms with E-state index in [1.54, 1.807) is 19.2 Å². The molecule has 2 N–H and O–H groups in total. The summed E-state index contributed by atoms with van der Waals surface area (Å²) in [6.07, 6.45) is 1.68. The van der Waals surface area contributed by atoms with Crippen molar-refractivity contribution in [1.82, 2.24) is 0 Å². The molecule has 2 aliphatic rings. The Balaban J connectivity index is 1.54. The third kappa shape index (κ3) is 4.28. The highest BCUT2D eigenvalue weighted by Crippen LogP contribution is 2.52. The summed E-state index contributed by atoms with van der Waals surface area (Å²) >= 11 is 1.41. The fourth-order valence-electron chi connectivity index (χ4n) is 5.43. The molecular formula is C25H32N2O4S. The van der Waals surface area contributed by atoms with Gasteiger partial charge < -0.3 is 20.1 Å². The summed E-state index contributed by atoms with van der Waals surface area (Å²) in [5, 5.41) is 13.3. The molecule has 0 atom stereocenters. The minimum Gasteiger partial charge on any atom is -0.478 e. The standard InChI is InChI=1S/C25H32N2O4S/c1-24(2)10-18-19(23(29)30)22(32-20(18)25(3,4)14-24)26-21(28)16-6-8-17(9-7-16)27-11-15(12-27)13-31-5/h6-9,15H,10-14H2,1-5H3,(H,26,28)(H,29,30). The molecule has 1 aliphatic heterocycles. The number of methoxy groups -OCH3 is 1. The Bertz CT molecular complexity index is 1030.